The zero-order valence-electron chi connectivity index (χ0n) is 8.50. The molecule has 0 bridgehead atoms. The number of nitrogens with two attached hydrogens (primary N) is 1. The van der Waals surface area contributed by atoms with Crippen LogP contribution in [-0.4, -0.2) is 12.0 Å². The molecular formula is C10H12F2N4. The van der Waals surface area contributed by atoms with Gasteiger partial charge < -0.3 is 5.32 Å². The van der Waals surface area contributed by atoms with Crippen LogP contribution < -0.4 is 16.6 Å². The molecule has 0 radical (unpaired) electrons. The highest BCUT2D eigenvalue weighted by atomic mass is 19.2. The lowest BCUT2D eigenvalue weighted by molar-refractivity contribution is 0.512. The van der Waals surface area contributed by atoms with Gasteiger partial charge in [-0.3, -0.25) is 5.43 Å². The lowest BCUT2D eigenvalue weighted by Crippen LogP contribution is -2.36. The van der Waals surface area contributed by atoms with Crippen molar-refractivity contribution in [1.29, 1.82) is 0 Å². The molecule has 0 saturated heterocycles. The van der Waals surface area contributed by atoms with E-state index < -0.39 is 11.6 Å². The Labute approximate surface area is 91.5 Å². The number of rotatable bonds is 2. The van der Waals surface area contributed by atoms with Gasteiger partial charge in [0.2, 0.25) is 5.96 Å². The molecule has 1 saturated carbocycles. The van der Waals surface area contributed by atoms with Gasteiger partial charge in [0, 0.05) is 0 Å². The van der Waals surface area contributed by atoms with E-state index in [0.29, 0.717) is 0 Å². The smallest absolute Gasteiger partial charge is 0.210 e. The SMILES string of the molecule is NNC(=NC1CC1)Nc1cccc(F)c1F. The highest BCUT2D eigenvalue weighted by molar-refractivity contribution is 5.93. The maximum absolute atomic E-state index is 13.3. The number of halogens is 2. The van der Waals surface area contributed by atoms with Crippen molar-refractivity contribution in [2.45, 2.75) is 18.9 Å². The van der Waals surface area contributed by atoms with Crippen LogP contribution in [0.5, 0.6) is 0 Å². The molecule has 16 heavy (non-hydrogen) atoms. The number of hydrogen-bond acceptors (Lipinski definition) is 2. The lowest BCUT2D eigenvalue weighted by atomic mass is 10.3. The predicted octanol–water partition coefficient (Wildman–Crippen LogP) is 1.36. The zero-order chi connectivity index (χ0) is 11.5. The van der Waals surface area contributed by atoms with Crippen molar-refractivity contribution in [3.63, 3.8) is 0 Å². The van der Waals surface area contributed by atoms with Gasteiger partial charge in [0.05, 0.1) is 11.7 Å². The first-order valence-corrected chi connectivity index (χ1v) is 4.96. The van der Waals surface area contributed by atoms with Crippen LogP contribution in [0.25, 0.3) is 0 Å². The first kappa shape index (κ1) is 10.8. The molecule has 1 fully saturated rings. The van der Waals surface area contributed by atoms with E-state index in [1.807, 2.05) is 0 Å². The topological polar surface area (TPSA) is 62.4 Å². The van der Waals surface area contributed by atoms with Gasteiger partial charge in [0.1, 0.15) is 0 Å². The van der Waals surface area contributed by atoms with E-state index in [4.69, 9.17) is 5.84 Å². The van der Waals surface area contributed by atoms with Crippen molar-refractivity contribution in [2.75, 3.05) is 5.32 Å². The van der Waals surface area contributed by atoms with E-state index in [0.717, 1.165) is 18.9 Å². The second kappa shape index (κ2) is 4.44. The molecule has 1 aromatic rings. The van der Waals surface area contributed by atoms with E-state index in [1.54, 1.807) is 0 Å². The predicted molar refractivity (Wildman–Crippen MR) is 57.8 cm³/mol. The second-order valence-electron chi connectivity index (χ2n) is 3.58. The number of nitrogens with zero attached hydrogens (tertiary/aromatic N) is 1. The normalized spacial score (nSPS) is 16.1. The van der Waals surface area contributed by atoms with Gasteiger partial charge >= 0.3 is 0 Å². The Morgan fingerprint density at radius 2 is 2.12 bits per heavy atom. The second-order valence-corrected chi connectivity index (χ2v) is 3.58. The average molecular weight is 226 g/mol. The molecular weight excluding hydrogens is 214 g/mol. The summed E-state index contributed by atoms with van der Waals surface area (Å²) < 4.78 is 26.2. The number of anilines is 1. The van der Waals surface area contributed by atoms with Crippen molar-refractivity contribution in [2.24, 2.45) is 10.8 Å². The number of nitrogens with one attached hydrogen (secondary N) is 2. The molecule has 1 aliphatic rings. The Bertz CT molecular complexity index is 415. The van der Waals surface area contributed by atoms with Gasteiger partial charge in [-0.05, 0) is 25.0 Å². The summed E-state index contributed by atoms with van der Waals surface area (Å²) in [4.78, 5) is 4.15. The maximum Gasteiger partial charge on any atom is 0.210 e. The number of benzene rings is 1. The van der Waals surface area contributed by atoms with Gasteiger partial charge in [-0.25, -0.2) is 19.6 Å². The van der Waals surface area contributed by atoms with Crippen LogP contribution in [0, 0.1) is 11.6 Å². The number of hydrogen-bond donors (Lipinski definition) is 3. The molecule has 1 aromatic carbocycles. The third-order valence-electron chi connectivity index (χ3n) is 2.20. The minimum Gasteiger partial charge on any atom is -0.323 e. The molecule has 4 N–H and O–H groups in total. The van der Waals surface area contributed by atoms with Crippen LogP contribution in [0.15, 0.2) is 23.2 Å². The van der Waals surface area contributed by atoms with E-state index >= 15 is 0 Å². The van der Waals surface area contributed by atoms with Crippen molar-refractivity contribution < 1.29 is 8.78 Å². The molecule has 2 rings (SSSR count). The summed E-state index contributed by atoms with van der Waals surface area (Å²) in [5.74, 6) is 3.62. The molecule has 0 aromatic heterocycles. The summed E-state index contributed by atoms with van der Waals surface area (Å²) in [6.07, 6.45) is 2.00. The van der Waals surface area contributed by atoms with E-state index in [2.05, 4.69) is 15.7 Å². The number of guanidine groups is 1. The fourth-order valence-corrected chi connectivity index (χ4v) is 1.22. The van der Waals surface area contributed by atoms with Crippen LogP contribution in [0.1, 0.15) is 12.8 Å². The van der Waals surface area contributed by atoms with Gasteiger partial charge in [-0.2, -0.15) is 0 Å². The molecule has 4 nitrogen and oxygen atoms in total. The van der Waals surface area contributed by atoms with Crippen LogP contribution in [0.4, 0.5) is 14.5 Å². The summed E-state index contributed by atoms with van der Waals surface area (Å²) in [5.41, 5.74) is 2.33. The average Bonchev–Trinajstić information content (AvgIpc) is 3.07. The van der Waals surface area contributed by atoms with E-state index in [9.17, 15) is 8.78 Å². The third-order valence-corrected chi connectivity index (χ3v) is 2.20. The van der Waals surface area contributed by atoms with Crippen LogP contribution in [-0.2, 0) is 0 Å². The zero-order valence-corrected chi connectivity index (χ0v) is 8.50. The summed E-state index contributed by atoms with van der Waals surface area (Å²) in [6.45, 7) is 0. The Balaban J connectivity index is 2.15. The van der Waals surface area contributed by atoms with E-state index in [-0.39, 0.29) is 17.7 Å². The van der Waals surface area contributed by atoms with E-state index in [1.165, 1.54) is 12.1 Å². The molecule has 6 heteroatoms. The third kappa shape index (κ3) is 2.46. The van der Waals surface area contributed by atoms with Crippen molar-refractivity contribution in [1.82, 2.24) is 5.43 Å². The van der Waals surface area contributed by atoms with Gasteiger partial charge in [0.15, 0.2) is 11.6 Å². The maximum atomic E-state index is 13.3. The fraction of sp³-hybridized carbons (Fsp3) is 0.300. The number of aliphatic imine (C=N–C) groups is 1. The van der Waals surface area contributed by atoms with Gasteiger partial charge in [-0.15, -0.1) is 0 Å². The fourth-order valence-electron chi connectivity index (χ4n) is 1.22. The van der Waals surface area contributed by atoms with Gasteiger partial charge in [-0.1, -0.05) is 6.07 Å². The monoisotopic (exact) mass is 226 g/mol. The molecule has 0 unspecified atom stereocenters. The van der Waals surface area contributed by atoms with Gasteiger partial charge in [0.25, 0.3) is 0 Å². The molecule has 0 spiro atoms. The van der Waals surface area contributed by atoms with Crippen LogP contribution >= 0.6 is 0 Å². The Morgan fingerprint density at radius 1 is 1.38 bits per heavy atom. The van der Waals surface area contributed by atoms with Crippen molar-refractivity contribution in [3.05, 3.63) is 29.8 Å². The molecule has 0 atom stereocenters. The standard InChI is InChI=1S/C10H12F2N4/c11-7-2-1-3-8(9(7)12)15-10(16-13)14-6-4-5-6/h1-3,6H,4-5,13H2,(H2,14,15,16). The quantitative estimate of drug-likeness (QED) is 0.309. The Kier molecular flexibility index (Phi) is 3.00. The first-order chi connectivity index (χ1) is 7.70. The molecule has 86 valence electrons. The summed E-state index contributed by atoms with van der Waals surface area (Å²) in [6, 6.07) is 4.10. The van der Waals surface area contributed by atoms with Crippen molar-refractivity contribution in [3.8, 4) is 0 Å². The largest absolute Gasteiger partial charge is 0.323 e. The number of hydrazine groups is 1. The minimum absolute atomic E-state index is 0.0114. The Hall–Kier alpha value is -1.69. The highest BCUT2D eigenvalue weighted by Gasteiger charge is 2.21. The lowest BCUT2D eigenvalue weighted by Gasteiger charge is -2.09. The van der Waals surface area contributed by atoms with Crippen molar-refractivity contribution >= 4 is 11.6 Å². The first-order valence-electron chi connectivity index (χ1n) is 4.96. The van der Waals surface area contributed by atoms with Crippen LogP contribution in [0.3, 0.4) is 0 Å². The molecule has 0 heterocycles. The minimum atomic E-state index is -0.943. The molecule has 1 aliphatic carbocycles. The summed E-state index contributed by atoms with van der Waals surface area (Å²) >= 11 is 0. The van der Waals surface area contributed by atoms with Crippen LogP contribution in [0.2, 0.25) is 0 Å². The molecule has 0 amide bonds. The molecule has 0 aliphatic heterocycles. The summed E-state index contributed by atoms with van der Waals surface area (Å²) in [5, 5.41) is 2.61. The highest BCUT2D eigenvalue weighted by Crippen LogP contribution is 2.24. The summed E-state index contributed by atoms with van der Waals surface area (Å²) in [7, 11) is 0. The Morgan fingerprint density at radius 3 is 2.75 bits per heavy atom.